The van der Waals surface area contributed by atoms with Crippen molar-refractivity contribution in [2.45, 2.75) is 83.9 Å². The highest BCUT2D eigenvalue weighted by Crippen LogP contribution is 2.26. The number of hydrogen-bond acceptors (Lipinski definition) is 10. The number of likely N-dealkylation sites (N-methyl/N-ethyl adjacent to an activating group) is 1. The minimum Gasteiger partial charge on any atom is -0.456 e. The quantitative estimate of drug-likeness (QED) is 0.223. The van der Waals surface area contributed by atoms with E-state index in [1.807, 2.05) is 6.92 Å². The number of hydrogen-bond donors (Lipinski definition) is 0. The maximum atomic E-state index is 12.4. The zero-order chi connectivity index (χ0) is 24.8. The van der Waals surface area contributed by atoms with Gasteiger partial charge in [0.05, 0.1) is 19.7 Å². The summed E-state index contributed by atoms with van der Waals surface area (Å²) >= 11 is 0. The summed E-state index contributed by atoms with van der Waals surface area (Å²) < 4.78 is 27.5. The summed E-state index contributed by atoms with van der Waals surface area (Å²) in [7, 11) is 1.64. The van der Waals surface area contributed by atoms with Crippen LogP contribution in [0, 0.1) is 12.3 Å². The molecule has 10 nitrogen and oxygen atoms in total. The van der Waals surface area contributed by atoms with Crippen molar-refractivity contribution in [1.29, 1.82) is 0 Å². The van der Waals surface area contributed by atoms with Crippen LogP contribution in [0.1, 0.15) is 59.3 Å². The maximum Gasteiger partial charge on any atom is 0.322 e. The molecule has 0 aromatic carbocycles. The minimum absolute atomic E-state index is 0.0952. The Morgan fingerprint density at radius 1 is 0.848 bits per heavy atom. The molecule has 1 heterocycles. The number of carbonyl (C=O) groups is 4. The zero-order valence-corrected chi connectivity index (χ0v) is 19.9. The molecule has 1 rings (SSSR count). The molecule has 0 aromatic rings. The summed E-state index contributed by atoms with van der Waals surface area (Å²) in [4.78, 5) is 50.6. The van der Waals surface area contributed by atoms with Crippen LogP contribution in [0.15, 0.2) is 0 Å². The normalized spacial score (nSPS) is 22.2. The lowest BCUT2D eigenvalue weighted by Crippen LogP contribution is -2.59. The molecule has 186 valence electrons. The van der Waals surface area contributed by atoms with Gasteiger partial charge in [0.15, 0.2) is 12.2 Å². The monoisotopic (exact) mass is 469 g/mol. The molecule has 0 spiro atoms. The minimum atomic E-state index is -1.35. The van der Waals surface area contributed by atoms with E-state index in [-0.39, 0.29) is 39.0 Å². The van der Waals surface area contributed by atoms with E-state index in [0.717, 1.165) is 0 Å². The lowest BCUT2D eigenvalue weighted by Gasteiger charge is -2.40. The fourth-order valence-corrected chi connectivity index (χ4v) is 3.07. The van der Waals surface area contributed by atoms with Gasteiger partial charge in [-0.3, -0.25) is 24.1 Å². The van der Waals surface area contributed by atoms with Crippen molar-refractivity contribution in [1.82, 2.24) is 4.90 Å². The lowest BCUT2D eigenvalue weighted by molar-refractivity contribution is -0.275. The first-order chi connectivity index (χ1) is 15.7. The van der Waals surface area contributed by atoms with Crippen molar-refractivity contribution in [2.24, 2.45) is 0 Å². The second kappa shape index (κ2) is 15.2. The Morgan fingerprint density at radius 3 is 1.88 bits per heavy atom. The Labute approximate surface area is 195 Å². The predicted octanol–water partition coefficient (Wildman–Crippen LogP) is 1.59. The zero-order valence-electron chi connectivity index (χ0n) is 19.9. The lowest BCUT2D eigenvalue weighted by atomic mass is 10.0. The molecule has 0 aliphatic carbocycles. The average Bonchev–Trinajstić information content (AvgIpc) is 2.72. The third kappa shape index (κ3) is 10.2. The van der Waals surface area contributed by atoms with Crippen LogP contribution in [0.3, 0.4) is 0 Å². The molecule has 0 saturated carbocycles. The fourth-order valence-electron chi connectivity index (χ4n) is 3.07. The van der Waals surface area contributed by atoms with Gasteiger partial charge in [0.1, 0.15) is 0 Å². The van der Waals surface area contributed by atoms with Gasteiger partial charge >= 0.3 is 23.9 Å². The van der Waals surface area contributed by atoms with Gasteiger partial charge in [-0.15, -0.1) is 6.42 Å². The Bertz CT molecular complexity index is 703. The fraction of sp³-hybridized carbons (Fsp3) is 0.739. The Balaban J connectivity index is 3.13. The maximum absolute atomic E-state index is 12.4. The van der Waals surface area contributed by atoms with Gasteiger partial charge in [-0.05, 0) is 26.3 Å². The van der Waals surface area contributed by atoms with E-state index in [1.165, 1.54) is 0 Å². The summed E-state index contributed by atoms with van der Waals surface area (Å²) in [6, 6.07) is 0. The smallest absolute Gasteiger partial charge is 0.322 e. The van der Waals surface area contributed by atoms with Crippen molar-refractivity contribution in [3.8, 4) is 12.3 Å². The van der Waals surface area contributed by atoms with Crippen molar-refractivity contribution in [2.75, 3.05) is 26.7 Å². The van der Waals surface area contributed by atoms with Gasteiger partial charge in [0.2, 0.25) is 12.4 Å². The molecule has 33 heavy (non-hydrogen) atoms. The number of nitrogens with zero attached hydrogens (tertiary/aromatic N) is 1. The Morgan fingerprint density at radius 2 is 1.36 bits per heavy atom. The van der Waals surface area contributed by atoms with Gasteiger partial charge in [-0.25, -0.2) is 0 Å². The summed E-state index contributed by atoms with van der Waals surface area (Å²) in [5.41, 5.74) is 0. The van der Waals surface area contributed by atoms with Crippen molar-refractivity contribution in [3.63, 3.8) is 0 Å². The number of terminal acetylenes is 1. The SMILES string of the molecule is C#CCN(C)CC(=O)OC1OCC(OC(=O)CCC)C(OC(=O)CCC)C1OC(=O)CCC. The van der Waals surface area contributed by atoms with Gasteiger partial charge in [0.25, 0.3) is 0 Å². The Kier molecular flexibility index (Phi) is 13.1. The highest BCUT2D eigenvalue weighted by Gasteiger charge is 2.49. The molecular formula is C23H35NO9. The molecule has 1 saturated heterocycles. The van der Waals surface area contributed by atoms with Crippen molar-refractivity contribution in [3.05, 3.63) is 0 Å². The molecule has 1 aliphatic rings. The van der Waals surface area contributed by atoms with Gasteiger partial charge < -0.3 is 23.7 Å². The highest BCUT2D eigenvalue weighted by molar-refractivity contribution is 5.73. The van der Waals surface area contributed by atoms with Crippen molar-refractivity contribution >= 4 is 23.9 Å². The molecule has 0 radical (unpaired) electrons. The van der Waals surface area contributed by atoms with E-state index >= 15 is 0 Å². The average molecular weight is 470 g/mol. The van der Waals surface area contributed by atoms with Gasteiger partial charge in [0, 0.05) is 19.3 Å². The van der Waals surface area contributed by atoms with Crippen LogP contribution in [0.5, 0.6) is 0 Å². The number of esters is 4. The third-order valence-corrected chi connectivity index (χ3v) is 4.57. The first-order valence-corrected chi connectivity index (χ1v) is 11.3. The molecule has 0 N–H and O–H groups in total. The van der Waals surface area contributed by atoms with E-state index in [2.05, 4.69) is 5.92 Å². The second-order valence-electron chi connectivity index (χ2n) is 7.76. The van der Waals surface area contributed by atoms with E-state index in [1.54, 1.807) is 25.8 Å². The standard InChI is InChI=1S/C23H35NO9/c1-6-10-17(25)30-16-15-29-23(33-20(28)14-24(5)13-9-4)22(32-19(27)12-8-3)21(16)31-18(26)11-7-2/h4,16,21-23H,6-8,10-15H2,1-3,5H3. The molecule has 0 aromatic heterocycles. The highest BCUT2D eigenvalue weighted by atomic mass is 16.7. The summed E-state index contributed by atoms with van der Waals surface area (Å²) in [5.74, 6) is 0.0850. The van der Waals surface area contributed by atoms with E-state index < -0.39 is 48.5 Å². The van der Waals surface area contributed by atoms with E-state index in [9.17, 15) is 19.2 Å². The van der Waals surface area contributed by atoms with Gasteiger partial charge in [-0.1, -0.05) is 26.7 Å². The summed E-state index contributed by atoms with van der Waals surface area (Å²) in [5, 5.41) is 0. The molecule has 0 bridgehead atoms. The first-order valence-electron chi connectivity index (χ1n) is 11.3. The number of rotatable bonds is 13. The second-order valence-corrected chi connectivity index (χ2v) is 7.76. The van der Waals surface area contributed by atoms with Crippen LogP contribution >= 0.6 is 0 Å². The molecule has 4 unspecified atom stereocenters. The topological polar surface area (TPSA) is 118 Å². The van der Waals surface area contributed by atoms with Crippen LogP contribution in [0.4, 0.5) is 0 Å². The number of ether oxygens (including phenoxy) is 5. The van der Waals surface area contributed by atoms with Crippen LogP contribution < -0.4 is 0 Å². The van der Waals surface area contributed by atoms with E-state index in [0.29, 0.717) is 19.3 Å². The largest absolute Gasteiger partial charge is 0.456 e. The molecule has 10 heteroatoms. The molecule has 1 aliphatic heterocycles. The predicted molar refractivity (Wildman–Crippen MR) is 117 cm³/mol. The van der Waals surface area contributed by atoms with E-state index in [4.69, 9.17) is 30.1 Å². The van der Waals surface area contributed by atoms with Crippen molar-refractivity contribution < 1.29 is 42.9 Å². The van der Waals surface area contributed by atoms with Crippen LogP contribution in [-0.2, 0) is 42.9 Å². The van der Waals surface area contributed by atoms with Crippen LogP contribution in [0.2, 0.25) is 0 Å². The molecule has 0 amide bonds. The molecular weight excluding hydrogens is 434 g/mol. The van der Waals surface area contributed by atoms with Crippen LogP contribution in [-0.4, -0.2) is 80.1 Å². The van der Waals surface area contributed by atoms with Crippen LogP contribution in [0.25, 0.3) is 0 Å². The summed E-state index contributed by atoms with van der Waals surface area (Å²) in [6.45, 7) is 5.31. The van der Waals surface area contributed by atoms with Gasteiger partial charge in [-0.2, -0.15) is 0 Å². The molecule has 4 atom stereocenters. The molecule has 1 fully saturated rings. The Hall–Kier alpha value is -2.64. The number of carbonyl (C=O) groups excluding carboxylic acids is 4. The summed E-state index contributed by atoms with van der Waals surface area (Å²) in [6.07, 6.45) is 2.35. The third-order valence-electron chi connectivity index (χ3n) is 4.57. The first kappa shape index (κ1) is 28.4.